The van der Waals surface area contributed by atoms with E-state index < -0.39 is 17.8 Å². The number of carbonyl (C=O) groups is 2. The van der Waals surface area contributed by atoms with Gasteiger partial charge >= 0.3 is 5.97 Å². The predicted octanol–water partition coefficient (Wildman–Crippen LogP) is 3.49. The first-order valence-electron chi connectivity index (χ1n) is 9.79. The molecule has 0 aliphatic rings. The molecule has 3 N–H and O–H groups in total. The SMILES string of the molecule is C[C@H](C[C@@H](Cc1ccc(-c2ccccc2)cc1)NC(=O)c1cc[nH]c(=O)c1)C(=O)O. The van der Waals surface area contributed by atoms with Crippen molar-refractivity contribution < 1.29 is 14.7 Å². The number of H-pyrrole nitrogens is 1. The maximum atomic E-state index is 12.6. The lowest BCUT2D eigenvalue weighted by Gasteiger charge is -2.21. The Morgan fingerprint density at radius 2 is 1.67 bits per heavy atom. The van der Waals surface area contributed by atoms with Gasteiger partial charge in [0.2, 0.25) is 5.56 Å². The largest absolute Gasteiger partial charge is 0.481 e. The summed E-state index contributed by atoms with van der Waals surface area (Å²) >= 11 is 0. The van der Waals surface area contributed by atoms with E-state index in [2.05, 4.69) is 10.3 Å². The number of aliphatic carboxylic acids is 1. The van der Waals surface area contributed by atoms with Crippen LogP contribution in [0.1, 0.15) is 29.3 Å². The number of aromatic amines is 1. The highest BCUT2D eigenvalue weighted by Gasteiger charge is 2.21. The van der Waals surface area contributed by atoms with E-state index in [0.29, 0.717) is 6.42 Å². The zero-order chi connectivity index (χ0) is 21.5. The standard InChI is InChI=1S/C24H24N2O4/c1-16(24(29)30)13-21(26-23(28)20-11-12-25-22(27)15-20)14-17-7-9-19(10-8-17)18-5-3-2-4-6-18/h2-12,15-16,21H,13-14H2,1H3,(H,25,27)(H,26,28)(H,29,30)/t16-,21+/m1/s1. The van der Waals surface area contributed by atoms with Crippen LogP contribution in [0.5, 0.6) is 0 Å². The van der Waals surface area contributed by atoms with Gasteiger partial charge in [-0.25, -0.2) is 0 Å². The number of carboxylic acid groups (broad SMARTS) is 1. The monoisotopic (exact) mass is 404 g/mol. The normalized spacial score (nSPS) is 12.7. The Labute approximate surface area is 174 Å². The molecule has 0 spiro atoms. The van der Waals surface area contributed by atoms with Crippen LogP contribution in [0.2, 0.25) is 0 Å². The lowest BCUT2D eigenvalue weighted by Crippen LogP contribution is -2.39. The number of carboxylic acids is 1. The second kappa shape index (κ2) is 9.69. The van der Waals surface area contributed by atoms with Crippen LogP contribution in [0.4, 0.5) is 0 Å². The van der Waals surface area contributed by atoms with E-state index >= 15 is 0 Å². The van der Waals surface area contributed by atoms with Crippen LogP contribution >= 0.6 is 0 Å². The second-order valence-electron chi connectivity index (χ2n) is 7.35. The zero-order valence-electron chi connectivity index (χ0n) is 16.7. The van der Waals surface area contributed by atoms with E-state index in [1.165, 1.54) is 18.3 Å². The highest BCUT2D eigenvalue weighted by molar-refractivity contribution is 5.94. The first-order valence-corrected chi connectivity index (χ1v) is 9.79. The molecule has 0 saturated heterocycles. The van der Waals surface area contributed by atoms with Crippen LogP contribution < -0.4 is 10.9 Å². The van der Waals surface area contributed by atoms with Crippen molar-refractivity contribution in [3.8, 4) is 11.1 Å². The predicted molar refractivity (Wildman–Crippen MR) is 115 cm³/mol. The smallest absolute Gasteiger partial charge is 0.306 e. The number of rotatable bonds is 8. The number of nitrogens with one attached hydrogen (secondary N) is 2. The van der Waals surface area contributed by atoms with Crippen molar-refractivity contribution in [3.63, 3.8) is 0 Å². The van der Waals surface area contributed by atoms with Crippen molar-refractivity contribution in [3.05, 3.63) is 94.4 Å². The summed E-state index contributed by atoms with van der Waals surface area (Å²) in [5.74, 6) is -1.92. The van der Waals surface area contributed by atoms with Crippen molar-refractivity contribution in [1.82, 2.24) is 10.3 Å². The number of hydrogen-bond acceptors (Lipinski definition) is 3. The Morgan fingerprint density at radius 1 is 1.00 bits per heavy atom. The summed E-state index contributed by atoms with van der Waals surface area (Å²) in [6.07, 6.45) is 2.18. The van der Waals surface area contributed by atoms with Gasteiger partial charge in [0.15, 0.2) is 0 Å². The molecular weight excluding hydrogens is 380 g/mol. The highest BCUT2D eigenvalue weighted by atomic mass is 16.4. The van der Waals surface area contributed by atoms with Crippen molar-refractivity contribution >= 4 is 11.9 Å². The Kier molecular flexibility index (Phi) is 6.80. The number of hydrogen-bond donors (Lipinski definition) is 3. The minimum absolute atomic E-state index is 0.242. The van der Waals surface area contributed by atoms with Crippen LogP contribution in [-0.4, -0.2) is 28.0 Å². The van der Waals surface area contributed by atoms with Crippen molar-refractivity contribution in [1.29, 1.82) is 0 Å². The number of pyridine rings is 1. The second-order valence-corrected chi connectivity index (χ2v) is 7.35. The van der Waals surface area contributed by atoms with Gasteiger partial charge in [-0.3, -0.25) is 14.4 Å². The minimum Gasteiger partial charge on any atom is -0.481 e. The highest BCUT2D eigenvalue weighted by Crippen LogP contribution is 2.20. The van der Waals surface area contributed by atoms with Crippen molar-refractivity contribution in [2.45, 2.75) is 25.8 Å². The average molecular weight is 404 g/mol. The van der Waals surface area contributed by atoms with Crippen molar-refractivity contribution in [2.24, 2.45) is 5.92 Å². The summed E-state index contributed by atoms with van der Waals surface area (Å²) < 4.78 is 0. The Balaban J connectivity index is 1.75. The Hall–Kier alpha value is -3.67. The van der Waals surface area contributed by atoms with E-state index in [9.17, 15) is 19.5 Å². The lowest BCUT2D eigenvalue weighted by molar-refractivity contribution is -0.141. The van der Waals surface area contributed by atoms with E-state index in [1.54, 1.807) is 6.92 Å². The summed E-state index contributed by atoms with van der Waals surface area (Å²) in [6.45, 7) is 1.62. The maximum absolute atomic E-state index is 12.6. The van der Waals surface area contributed by atoms with Gasteiger partial charge in [0.1, 0.15) is 0 Å². The van der Waals surface area contributed by atoms with E-state index in [-0.39, 0.29) is 23.6 Å². The molecule has 2 aromatic carbocycles. The third-order valence-corrected chi connectivity index (χ3v) is 4.98. The van der Waals surface area contributed by atoms with Crippen LogP contribution in [0.15, 0.2) is 77.7 Å². The number of carbonyl (C=O) groups excluding carboxylic acids is 1. The topological polar surface area (TPSA) is 99.3 Å². The molecule has 1 amide bonds. The Bertz CT molecular complexity index is 1060. The van der Waals surface area contributed by atoms with Crippen molar-refractivity contribution in [2.75, 3.05) is 0 Å². The lowest BCUT2D eigenvalue weighted by atomic mass is 9.94. The maximum Gasteiger partial charge on any atom is 0.306 e. The Morgan fingerprint density at radius 3 is 2.30 bits per heavy atom. The van der Waals surface area contributed by atoms with Gasteiger partial charge in [-0.1, -0.05) is 61.5 Å². The van der Waals surface area contributed by atoms with Gasteiger partial charge in [0.25, 0.3) is 5.91 Å². The third kappa shape index (κ3) is 5.67. The van der Waals surface area contributed by atoms with Gasteiger partial charge < -0.3 is 15.4 Å². The summed E-state index contributed by atoms with van der Waals surface area (Å²) in [6, 6.07) is 20.4. The van der Waals surface area contributed by atoms with Crippen LogP contribution in [0, 0.1) is 5.92 Å². The molecular formula is C24H24N2O4. The molecule has 0 saturated carbocycles. The van der Waals surface area contributed by atoms with Crippen LogP contribution in [0.25, 0.3) is 11.1 Å². The molecule has 154 valence electrons. The molecule has 0 radical (unpaired) electrons. The van der Waals surface area contributed by atoms with Gasteiger partial charge in [-0.05, 0) is 35.6 Å². The molecule has 3 rings (SSSR count). The molecule has 3 aromatic rings. The van der Waals surface area contributed by atoms with Gasteiger partial charge in [-0.2, -0.15) is 0 Å². The fourth-order valence-corrected chi connectivity index (χ4v) is 3.32. The fraction of sp³-hybridized carbons (Fsp3) is 0.208. The summed E-state index contributed by atoms with van der Waals surface area (Å²) in [5.41, 5.74) is 3.06. The first kappa shape index (κ1) is 21.0. The molecule has 2 atom stereocenters. The molecule has 1 heterocycles. The number of benzene rings is 2. The molecule has 0 aliphatic carbocycles. The minimum atomic E-state index is -0.912. The third-order valence-electron chi connectivity index (χ3n) is 4.98. The summed E-state index contributed by atoms with van der Waals surface area (Å²) in [5, 5.41) is 12.2. The van der Waals surface area contributed by atoms with Gasteiger partial charge in [0, 0.05) is 23.9 Å². The van der Waals surface area contributed by atoms with E-state index in [0.717, 1.165) is 16.7 Å². The zero-order valence-corrected chi connectivity index (χ0v) is 16.7. The first-order chi connectivity index (χ1) is 14.4. The molecule has 0 fully saturated rings. The molecule has 30 heavy (non-hydrogen) atoms. The molecule has 0 aliphatic heterocycles. The van der Waals surface area contributed by atoms with E-state index in [4.69, 9.17) is 0 Å². The number of aromatic nitrogens is 1. The number of amides is 1. The molecule has 6 heteroatoms. The molecule has 0 unspecified atom stereocenters. The average Bonchev–Trinajstić information content (AvgIpc) is 2.74. The van der Waals surface area contributed by atoms with Crippen LogP contribution in [0.3, 0.4) is 0 Å². The fourth-order valence-electron chi connectivity index (χ4n) is 3.32. The van der Waals surface area contributed by atoms with Crippen LogP contribution in [-0.2, 0) is 11.2 Å². The van der Waals surface area contributed by atoms with Gasteiger partial charge in [-0.15, -0.1) is 0 Å². The summed E-state index contributed by atoms with van der Waals surface area (Å²) in [7, 11) is 0. The summed E-state index contributed by atoms with van der Waals surface area (Å²) in [4.78, 5) is 37.9. The quantitative estimate of drug-likeness (QED) is 0.535. The molecule has 1 aromatic heterocycles. The van der Waals surface area contributed by atoms with Gasteiger partial charge in [0.05, 0.1) is 5.92 Å². The van der Waals surface area contributed by atoms with E-state index in [1.807, 2.05) is 54.6 Å². The molecule has 6 nitrogen and oxygen atoms in total. The molecule has 0 bridgehead atoms.